The van der Waals surface area contributed by atoms with Gasteiger partial charge in [0.15, 0.2) is 0 Å². The topological polar surface area (TPSA) is 92.3 Å². The first-order valence-electron chi connectivity index (χ1n) is 7.09. The van der Waals surface area contributed by atoms with Gasteiger partial charge in [0, 0.05) is 12.5 Å². The quantitative estimate of drug-likeness (QED) is 0.810. The average molecular weight is 302 g/mol. The van der Waals surface area contributed by atoms with E-state index in [9.17, 15) is 9.59 Å². The predicted octanol–water partition coefficient (Wildman–Crippen LogP) is 1.58. The first-order valence-corrected chi connectivity index (χ1v) is 7.09. The van der Waals surface area contributed by atoms with Crippen molar-refractivity contribution in [1.29, 1.82) is 0 Å². The third kappa shape index (κ3) is 4.73. The molecule has 0 fully saturated rings. The summed E-state index contributed by atoms with van der Waals surface area (Å²) in [6.45, 7) is 2.44. The van der Waals surface area contributed by atoms with Gasteiger partial charge in [-0.2, -0.15) is 0 Å². The van der Waals surface area contributed by atoms with Crippen LogP contribution in [0.15, 0.2) is 35.1 Å². The van der Waals surface area contributed by atoms with Crippen LogP contribution in [-0.2, 0) is 24.1 Å². The number of carboxylic acids is 1. The SMILES string of the molecule is CCc1ccc(OCCc2nc(CC(=O)O)cc(=O)[nH]2)cc1. The van der Waals surface area contributed by atoms with Crippen molar-refractivity contribution in [2.45, 2.75) is 26.2 Å². The highest BCUT2D eigenvalue weighted by atomic mass is 16.5. The summed E-state index contributed by atoms with van der Waals surface area (Å²) in [5.74, 6) is 0.159. The average Bonchev–Trinajstić information content (AvgIpc) is 2.46. The summed E-state index contributed by atoms with van der Waals surface area (Å²) in [6, 6.07) is 9.00. The van der Waals surface area contributed by atoms with E-state index in [1.807, 2.05) is 24.3 Å². The van der Waals surface area contributed by atoms with E-state index in [1.165, 1.54) is 11.6 Å². The van der Waals surface area contributed by atoms with E-state index in [-0.39, 0.29) is 17.7 Å². The zero-order valence-electron chi connectivity index (χ0n) is 12.3. The van der Waals surface area contributed by atoms with Gasteiger partial charge in [0.2, 0.25) is 0 Å². The number of carbonyl (C=O) groups is 1. The Balaban J connectivity index is 1.94. The van der Waals surface area contributed by atoms with Crippen molar-refractivity contribution < 1.29 is 14.6 Å². The maximum atomic E-state index is 11.5. The molecule has 0 unspecified atom stereocenters. The van der Waals surface area contributed by atoms with Gasteiger partial charge >= 0.3 is 5.97 Å². The molecule has 1 heterocycles. The van der Waals surface area contributed by atoms with Gasteiger partial charge in [0.05, 0.1) is 18.7 Å². The number of carboxylic acid groups (broad SMARTS) is 1. The molecule has 22 heavy (non-hydrogen) atoms. The van der Waals surface area contributed by atoms with Gasteiger partial charge in [-0.05, 0) is 24.1 Å². The van der Waals surface area contributed by atoms with Crippen LogP contribution in [0, 0.1) is 0 Å². The molecule has 0 saturated heterocycles. The fourth-order valence-electron chi connectivity index (χ4n) is 2.01. The lowest BCUT2D eigenvalue weighted by Gasteiger charge is -2.07. The molecule has 0 aliphatic heterocycles. The molecule has 116 valence electrons. The lowest BCUT2D eigenvalue weighted by atomic mass is 10.2. The second-order valence-corrected chi connectivity index (χ2v) is 4.85. The molecule has 6 nitrogen and oxygen atoms in total. The monoisotopic (exact) mass is 302 g/mol. The van der Waals surface area contributed by atoms with Crippen LogP contribution in [0.2, 0.25) is 0 Å². The summed E-state index contributed by atoms with van der Waals surface area (Å²) in [5.41, 5.74) is 1.13. The summed E-state index contributed by atoms with van der Waals surface area (Å²) in [4.78, 5) is 28.8. The highest BCUT2D eigenvalue weighted by Gasteiger charge is 2.06. The second kappa shape index (κ2) is 7.40. The van der Waals surface area contributed by atoms with Crippen LogP contribution >= 0.6 is 0 Å². The number of aryl methyl sites for hydroxylation is 1. The number of nitrogens with zero attached hydrogens (tertiary/aromatic N) is 1. The molecule has 0 amide bonds. The molecule has 0 radical (unpaired) electrons. The minimum atomic E-state index is -1.02. The predicted molar refractivity (Wildman–Crippen MR) is 81.2 cm³/mol. The molecule has 0 aliphatic rings. The highest BCUT2D eigenvalue weighted by molar-refractivity contribution is 5.69. The number of H-pyrrole nitrogens is 1. The van der Waals surface area contributed by atoms with Gasteiger partial charge < -0.3 is 14.8 Å². The van der Waals surface area contributed by atoms with Crippen LogP contribution in [0.5, 0.6) is 5.75 Å². The Kier molecular flexibility index (Phi) is 5.30. The van der Waals surface area contributed by atoms with E-state index in [0.29, 0.717) is 18.9 Å². The number of aliphatic carboxylic acids is 1. The van der Waals surface area contributed by atoms with Crippen LogP contribution < -0.4 is 10.3 Å². The summed E-state index contributed by atoms with van der Waals surface area (Å²) < 4.78 is 5.59. The van der Waals surface area contributed by atoms with Crippen molar-refractivity contribution in [3.8, 4) is 5.75 Å². The molecule has 0 atom stereocenters. The summed E-state index contributed by atoms with van der Waals surface area (Å²) in [7, 11) is 0. The Morgan fingerprint density at radius 1 is 1.32 bits per heavy atom. The Bertz CT molecular complexity index is 692. The third-order valence-electron chi connectivity index (χ3n) is 3.12. The largest absolute Gasteiger partial charge is 0.493 e. The van der Waals surface area contributed by atoms with Crippen molar-refractivity contribution in [2.24, 2.45) is 0 Å². The first kappa shape index (κ1) is 15.8. The van der Waals surface area contributed by atoms with Crippen LogP contribution in [0.25, 0.3) is 0 Å². The molecule has 0 spiro atoms. The number of ether oxygens (including phenoxy) is 1. The number of hydrogen-bond donors (Lipinski definition) is 2. The number of rotatable bonds is 7. The smallest absolute Gasteiger partial charge is 0.309 e. The number of benzene rings is 1. The van der Waals surface area contributed by atoms with Gasteiger partial charge in [-0.3, -0.25) is 9.59 Å². The Morgan fingerprint density at radius 2 is 2.05 bits per heavy atom. The van der Waals surface area contributed by atoms with Crippen molar-refractivity contribution in [3.63, 3.8) is 0 Å². The fraction of sp³-hybridized carbons (Fsp3) is 0.312. The van der Waals surface area contributed by atoms with E-state index in [4.69, 9.17) is 9.84 Å². The number of aromatic amines is 1. The molecule has 1 aromatic carbocycles. The minimum absolute atomic E-state index is 0.249. The maximum Gasteiger partial charge on any atom is 0.309 e. The number of nitrogens with one attached hydrogen (secondary N) is 1. The summed E-state index contributed by atoms with van der Waals surface area (Å²) in [5, 5.41) is 8.74. The Hall–Kier alpha value is -2.63. The maximum absolute atomic E-state index is 11.5. The van der Waals surface area contributed by atoms with Gasteiger partial charge in [-0.1, -0.05) is 19.1 Å². The van der Waals surface area contributed by atoms with Crippen LogP contribution in [0.4, 0.5) is 0 Å². The minimum Gasteiger partial charge on any atom is -0.493 e. The highest BCUT2D eigenvalue weighted by Crippen LogP contribution is 2.12. The molecule has 0 bridgehead atoms. The van der Waals surface area contributed by atoms with E-state index in [1.54, 1.807) is 0 Å². The fourth-order valence-corrected chi connectivity index (χ4v) is 2.01. The molecule has 0 aliphatic carbocycles. The number of aromatic nitrogens is 2. The summed E-state index contributed by atoms with van der Waals surface area (Å²) in [6.07, 6.45) is 1.11. The normalized spacial score (nSPS) is 10.4. The van der Waals surface area contributed by atoms with Crippen molar-refractivity contribution in [2.75, 3.05) is 6.61 Å². The Morgan fingerprint density at radius 3 is 2.68 bits per heavy atom. The number of hydrogen-bond acceptors (Lipinski definition) is 4. The van der Waals surface area contributed by atoms with Crippen molar-refractivity contribution in [3.05, 3.63) is 57.8 Å². The lowest BCUT2D eigenvalue weighted by Crippen LogP contribution is -2.16. The second-order valence-electron chi connectivity index (χ2n) is 4.85. The molecule has 2 N–H and O–H groups in total. The molecule has 0 saturated carbocycles. The van der Waals surface area contributed by atoms with Crippen LogP contribution in [0.3, 0.4) is 0 Å². The lowest BCUT2D eigenvalue weighted by molar-refractivity contribution is -0.136. The molecular weight excluding hydrogens is 284 g/mol. The van der Waals surface area contributed by atoms with Gasteiger partial charge in [0.25, 0.3) is 5.56 Å². The van der Waals surface area contributed by atoms with E-state index in [0.717, 1.165) is 12.2 Å². The standard InChI is InChI=1S/C16H18N2O4/c1-2-11-3-5-13(6-4-11)22-8-7-14-17-12(10-16(20)21)9-15(19)18-14/h3-6,9H,2,7-8,10H2,1H3,(H,20,21)(H,17,18,19). The van der Waals surface area contributed by atoms with Gasteiger partial charge in [-0.15, -0.1) is 0 Å². The molecular formula is C16H18N2O4. The first-order chi connectivity index (χ1) is 10.6. The van der Waals surface area contributed by atoms with Crippen LogP contribution in [-0.4, -0.2) is 27.7 Å². The van der Waals surface area contributed by atoms with Crippen molar-refractivity contribution in [1.82, 2.24) is 9.97 Å². The van der Waals surface area contributed by atoms with Crippen LogP contribution in [0.1, 0.15) is 24.0 Å². The Labute approximate surface area is 127 Å². The zero-order chi connectivity index (χ0) is 15.9. The van der Waals surface area contributed by atoms with E-state index in [2.05, 4.69) is 16.9 Å². The van der Waals surface area contributed by atoms with E-state index < -0.39 is 5.97 Å². The van der Waals surface area contributed by atoms with Crippen molar-refractivity contribution >= 4 is 5.97 Å². The third-order valence-corrected chi connectivity index (χ3v) is 3.12. The van der Waals surface area contributed by atoms with Gasteiger partial charge in [0.1, 0.15) is 11.6 Å². The molecule has 6 heteroatoms. The summed E-state index contributed by atoms with van der Waals surface area (Å²) >= 11 is 0. The van der Waals surface area contributed by atoms with Gasteiger partial charge in [-0.25, -0.2) is 4.98 Å². The molecule has 2 rings (SSSR count). The van der Waals surface area contributed by atoms with E-state index >= 15 is 0 Å². The zero-order valence-corrected chi connectivity index (χ0v) is 12.3. The molecule has 2 aromatic rings. The molecule has 1 aromatic heterocycles.